The van der Waals surface area contributed by atoms with Crippen molar-refractivity contribution < 1.29 is 10.0 Å². The van der Waals surface area contributed by atoms with Crippen molar-refractivity contribution >= 4 is 39.9 Å². The van der Waals surface area contributed by atoms with Gasteiger partial charge in [0.2, 0.25) is 0 Å². The normalized spacial score (nSPS) is 9.83. The molecule has 0 aliphatic heterocycles. The summed E-state index contributed by atoms with van der Waals surface area (Å²) in [6.45, 7) is 0. The molecule has 0 radical (unpaired) electrons. The number of nitro groups is 1. The first-order valence-electron chi connectivity index (χ1n) is 2.85. The lowest BCUT2D eigenvalue weighted by atomic mass is 10.3. The topological polar surface area (TPSA) is 63.4 Å². The number of hydrogen-bond acceptors (Lipinski definition) is 3. The van der Waals surface area contributed by atoms with E-state index in [4.69, 9.17) is 16.7 Å². The molecule has 1 aromatic carbocycles. The third-order valence-electron chi connectivity index (χ3n) is 1.20. The molecule has 64 valence electrons. The second-order valence-electron chi connectivity index (χ2n) is 2.02. The van der Waals surface area contributed by atoms with Gasteiger partial charge in [-0.05, 0) is 22.6 Å². The number of phenolic OH excluding ortho intramolecular Hbond substituents is 1. The van der Waals surface area contributed by atoms with Crippen LogP contribution in [0.1, 0.15) is 0 Å². The van der Waals surface area contributed by atoms with E-state index in [0.717, 1.165) is 0 Å². The molecule has 1 aromatic rings. The Morgan fingerprint density at radius 2 is 2.17 bits per heavy atom. The molecule has 0 aromatic heterocycles. The zero-order valence-corrected chi connectivity index (χ0v) is 8.53. The Bertz CT molecular complexity index is 342. The molecule has 4 nitrogen and oxygen atoms in total. The van der Waals surface area contributed by atoms with Crippen molar-refractivity contribution in [2.45, 2.75) is 0 Å². The van der Waals surface area contributed by atoms with Crippen LogP contribution in [0.4, 0.5) is 5.69 Å². The zero-order chi connectivity index (χ0) is 9.30. The van der Waals surface area contributed by atoms with Crippen LogP contribution in [0.3, 0.4) is 0 Å². The number of hydrogen-bond donors (Lipinski definition) is 1. The van der Waals surface area contributed by atoms with Crippen LogP contribution in [-0.4, -0.2) is 10.0 Å². The molecule has 0 atom stereocenters. The Hall–Kier alpha value is -0.560. The van der Waals surface area contributed by atoms with Crippen molar-refractivity contribution in [3.05, 3.63) is 30.8 Å². The highest BCUT2D eigenvalue weighted by atomic mass is 127. The van der Waals surface area contributed by atoms with Gasteiger partial charge >= 0.3 is 0 Å². The van der Waals surface area contributed by atoms with Gasteiger partial charge < -0.3 is 5.11 Å². The van der Waals surface area contributed by atoms with E-state index < -0.39 is 4.92 Å². The van der Waals surface area contributed by atoms with Crippen molar-refractivity contribution in [2.24, 2.45) is 0 Å². The number of nitro benzene ring substituents is 1. The minimum Gasteiger partial charge on any atom is -0.507 e. The summed E-state index contributed by atoms with van der Waals surface area (Å²) < 4.78 is 0.196. The third kappa shape index (κ3) is 1.78. The first-order chi connectivity index (χ1) is 5.52. The van der Waals surface area contributed by atoms with Crippen LogP contribution in [0.25, 0.3) is 0 Å². The smallest absolute Gasteiger partial charge is 0.287 e. The summed E-state index contributed by atoms with van der Waals surface area (Å²) in [7, 11) is 0. The van der Waals surface area contributed by atoms with Crippen LogP contribution in [0, 0.1) is 13.7 Å². The summed E-state index contributed by atoms with van der Waals surface area (Å²) in [5, 5.41) is 19.6. The van der Waals surface area contributed by atoms with E-state index in [-0.39, 0.29) is 20.0 Å². The third-order valence-corrected chi connectivity index (χ3v) is 2.52. The number of aromatic hydroxyl groups is 1. The van der Waals surface area contributed by atoms with Crippen molar-refractivity contribution in [3.8, 4) is 5.75 Å². The number of rotatable bonds is 1. The average Bonchev–Trinajstić information content (AvgIpc) is 1.96. The Morgan fingerprint density at radius 1 is 1.58 bits per heavy atom. The largest absolute Gasteiger partial charge is 0.507 e. The van der Waals surface area contributed by atoms with Crippen molar-refractivity contribution in [3.63, 3.8) is 0 Å². The van der Waals surface area contributed by atoms with Gasteiger partial charge in [0, 0.05) is 12.1 Å². The molecule has 1 rings (SSSR count). The van der Waals surface area contributed by atoms with Crippen LogP contribution in [0.2, 0.25) is 5.02 Å². The zero-order valence-electron chi connectivity index (χ0n) is 5.62. The van der Waals surface area contributed by atoms with E-state index in [1.807, 2.05) is 0 Å². The van der Waals surface area contributed by atoms with E-state index in [0.29, 0.717) is 0 Å². The molecule has 0 saturated heterocycles. The highest BCUT2D eigenvalue weighted by molar-refractivity contribution is 14.1. The van der Waals surface area contributed by atoms with Gasteiger partial charge in [0.05, 0.1) is 9.95 Å². The fourth-order valence-corrected chi connectivity index (χ4v) is 1.41. The predicted molar refractivity (Wildman–Crippen MR) is 52.5 cm³/mol. The molecule has 0 saturated carbocycles. The van der Waals surface area contributed by atoms with Gasteiger partial charge in [-0.25, -0.2) is 0 Å². The molecule has 0 heterocycles. The first kappa shape index (κ1) is 9.53. The number of halogens is 2. The molecule has 1 N–H and O–H groups in total. The average molecular weight is 299 g/mol. The summed E-state index contributed by atoms with van der Waals surface area (Å²) in [6.07, 6.45) is 0. The summed E-state index contributed by atoms with van der Waals surface area (Å²) >= 11 is 7.18. The second-order valence-corrected chi connectivity index (χ2v) is 3.53. The second kappa shape index (κ2) is 3.44. The summed E-state index contributed by atoms with van der Waals surface area (Å²) in [5.74, 6) is -0.171. The molecule has 0 aliphatic carbocycles. The van der Waals surface area contributed by atoms with E-state index >= 15 is 0 Å². The lowest BCUT2D eigenvalue weighted by Crippen LogP contribution is -1.91. The summed E-state index contributed by atoms with van der Waals surface area (Å²) in [4.78, 5) is 9.77. The van der Waals surface area contributed by atoms with Gasteiger partial charge in [0.1, 0.15) is 9.32 Å². The maximum Gasteiger partial charge on any atom is 0.287 e. The maximum absolute atomic E-state index is 10.4. The minimum absolute atomic E-state index is 0.152. The van der Waals surface area contributed by atoms with Crippen LogP contribution in [0.15, 0.2) is 12.1 Å². The quantitative estimate of drug-likeness (QED) is 0.492. The molecule has 0 spiro atoms. The van der Waals surface area contributed by atoms with Crippen LogP contribution >= 0.6 is 34.2 Å². The van der Waals surface area contributed by atoms with Gasteiger partial charge in [0.25, 0.3) is 5.69 Å². The van der Waals surface area contributed by atoms with Gasteiger partial charge in [-0.1, -0.05) is 11.6 Å². The van der Waals surface area contributed by atoms with Crippen molar-refractivity contribution in [1.29, 1.82) is 0 Å². The van der Waals surface area contributed by atoms with E-state index in [9.17, 15) is 10.1 Å². The fourth-order valence-electron chi connectivity index (χ4n) is 0.694. The Labute approximate surface area is 86.4 Å². The van der Waals surface area contributed by atoms with Gasteiger partial charge in [0.15, 0.2) is 0 Å². The standard InChI is InChI=1S/C6H3ClINO3/c7-3-1-4(9(11)12)6(8)5(10)2-3/h1-2,10H. The highest BCUT2D eigenvalue weighted by Crippen LogP contribution is 2.32. The Morgan fingerprint density at radius 3 is 2.67 bits per heavy atom. The number of phenols is 1. The van der Waals surface area contributed by atoms with E-state index in [2.05, 4.69) is 0 Å². The molecular formula is C6H3ClINO3. The molecule has 0 aliphatic rings. The van der Waals surface area contributed by atoms with Gasteiger partial charge in [-0.3, -0.25) is 10.1 Å². The molecule has 6 heteroatoms. The summed E-state index contributed by atoms with van der Waals surface area (Å²) in [5.41, 5.74) is -0.180. The van der Waals surface area contributed by atoms with Gasteiger partial charge in [-0.2, -0.15) is 0 Å². The Balaban J connectivity index is 3.37. The molecule has 0 unspecified atom stereocenters. The molecule has 0 bridgehead atoms. The predicted octanol–water partition coefficient (Wildman–Crippen LogP) is 2.56. The Kier molecular flexibility index (Phi) is 2.73. The maximum atomic E-state index is 10.4. The lowest BCUT2D eigenvalue weighted by molar-refractivity contribution is -0.385. The minimum atomic E-state index is -0.590. The van der Waals surface area contributed by atoms with Crippen LogP contribution in [-0.2, 0) is 0 Å². The fraction of sp³-hybridized carbons (Fsp3) is 0. The van der Waals surface area contributed by atoms with E-state index in [1.165, 1.54) is 12.1 Å². The highest BCUT2D eigenvalue weighted by Gasteiger charge is 2.16. The van der Waals surface area contributed by atoms with E-state index in [1.54, 1.807) is 22.6 Å². The number of benzene rings is 1. The molecule has 0 fully saturated rings. The first-order valence-corrected chi connectivity index (χ1v) is 4.30. The number of nitrogens with zero attached hydrogens (tertiary/aromatic N) is 1. The summed E-state index contributed by atoms with van der Waals surface area (Å²) in [6, 6.07) is 2.46. The molecular weight excluding hydrogens is 296 g/mol. The van der Waals surface area contributed by atoms with Crippen molar-refractivity contribution in [2.75, 3.05) is 0 Å². The molecule has 0 amide bonds. The SMILES string of the molecule is O=[N+]([O-])c1cc(Cl)cc(O)c1I. The van der Waals surface area contributed by atoms with Gasteiger partial charge in [-0.15, -0.1) is 0 Å². The molecule has 12 heavy (non-hydrogen) atoms. The monoisotopic (exact) mass is 299 g/mol. The van der Waals surface area contributed by atoms with Crippen LogP contribution < -0.4 is 0 Å². The lowest BCUT2D eigenvalue weighted by Gasteiger charge is -1.98. The van der Waals surface area contributed by atoms with Crippen LogP contribution in [0.5, 0.6) is 5.75 Å². The van der Waals surface area contributed by atoms with Crippen molar-refractivity contribution in [1.82, 2.24) is 0 Å².